The highest BCUT2D eigenvalue weighted by molar-refractivity contribution is 5.93. The highest BCUT2D eigenvalue weighted by Crippen LogP contribution is 2.26. The smallest absolute Gasteiger partial charge is 0.289 e. The fourth-order valence-electron chi connectivity index (χ4n) is 3.44. The molecule has 0 saturated carbocycles. The van der Waals surface area contributed by atoms with Crippen LogP contribution in [-0.4, -0.2) is 39.1 Å². The first-order valence-corrected chi connectivity index (χ1v) is 8.74. The Morgan fingerprint density at radius 3 is 2.92 bits per heavy atom. The van der Waals surface area contributed by atoms with Crippen LogP contribution >= 0.6 is 0 Å². The largest absolute Gasteiger partial charge is 0.451 e. The van der Waals surface area contributed by atoms with Gasteiger partial charge in [0, 0.05) is 25.1 Å². The van der Waals surface area contributed by atoms with Crippen LogP contribution in [0.5, 0.6) is 0 Å². The Hall–Kier alpha value is -2.96. The molecule has 1 amide bonds. The Morgan fingerprint density at radius 2 is 2.15 bits per heavy atom. The molecule has 2 aromatic heterocycles. The van der Waals surface area contributed by atoms with Gasteiger partial charge in [0.05, 0.1) is 5.39 Å². The van der Waals surface area contributed by atoms with Gasteiger partial charge in [0.15, 0.2) is 17.0 Å². The number of amides is 1. The number of carbonyl (C=O) groups excluding carboxylic acids is 1. The molecule has 1 aliphatic rings. The molecular weight excluding hydrogens is 332 g/mol. The minimum absolute atomic E-state index is 0.0833. The molecule has 0 aliphatic carbocycles. The van der Waals surface area contributed by atoms with Crippen molar-refractivity contribution < 1.29 is 9.21 Å². The number of carbonyl (C=O) groups is 1. The fourth-order valence-corrected chi connectivity index (χ4v) is 3.44. The number of nitrogens with zero attached hydrogens (tertiary/aromatic N) is 3. The Balaban J connectivity index is 1.62. The third-order valence-electron chi connectivity index (χ3n) is 4.78. The molecule has 0 spiro atoms. The van der Waals surface area contributed by atoms with E-state index in [1.807, 2.05) is 19.9 Å². The van der Waals surface area contributed by atoms with Crippen LogP contribution in [-0.2, 0) is 0 Å². The summed E-state index contributed by atoms with van der Waals surface area (Å²) >= 11 is 0. The van der Waals surface area contributed by atoms with Crippen LogP contribution < -0.4 is 5.43 Å². The number of H-pyrrole nitrogens is 1. The van der Waals surface area contributed by atoms with Gasteiger partial charge in [0.25, 0.3) is 5.91 Å². The summed E-state index contributed by atoms with van der Waals surface area (Å²) in [6.07, 6.45) is 1.79. The van der Waals surface area contributed by atoms with Crippen LogP contribution in [0.2, 0.25) is 0 Å². The van der Waals surface area contributed by atoms with Gasteiger partial charge in [-0.25, -0.2) is 4.98 Å². The van der Waals surface area contributed by atoms with Gasteiger partial charge in [-0.1, -0.05) is 6.07 Å². The molecule has 1 N–H and O–H groups in total. The zero-order valence-electron chi connectivity index (χ0n) is 14.8. The minimum atomic E-state index is -0.262. The molecule has 1 aromatic carbocycles. The number of aromatic nitrogens is 3. The second-order valence-corrected chi connectivity index (χ2v) is 6.84. The third kappa shape index (κ3) is 3.00. The molecule has 0 unspecified atom stereocenters. The fraction of sp³-hybridized carbons (Fsp3) is 0.368. The van der Waals surface area contributed by atoms with E-state index in [-0.39, 0.29) is 23.0 Å². The van der Waals surface area contributed by atoms with E-state index in [0.717, 1.165) is 30.1 Å². The van der Waals surface area contributed by atoms with Crippen molar-refractivity contribution in [3.05, 3.63) is 57.5 Å². The van der Waals surface area contributed by atoms with E-state index in [4.69, 9.17) is 4.42 Å². The first kappa shape index (κ1) is 16.5. The van der Waals surface area contributed by atoms with Gasteiger partial charge in [0.2, 0.25) is 0 Å². The van der Waals surface area contributed by atoms with Crippen molar-refractivity contribution in [2.45, 2.75) is 32.6 Å². The summed E-state index contributed by atoms with van der Waals surface area (Å²) < 4.78 is 5.75. The average molecular weight is 352 g/mol. The summed E-state index contributed by atoms with van der Waals surface area (Å²) in [5.41, 5.74) is 1.22. The SMILES string of the molecule is Cc1ccc2c(=O)cc(C(=O)N3CCC[C@@H](c4n[nH]c(C)n4)C3)oc2c1. The first-order chi connectivity index (χ1) is 12.5. The van der Waals surface area contributed by atoms with Crippen molar-refractivity contribution in [1.29, 1.82) is 0 Å². The lowest BCUT2D eigenvalue weighted by molar-refractivity contribution is 0.0673. The molecule has 7 nitrogen and oxygen atoms in total. The van der Waals surface area contributed by atoms with Crippen molar-refractivity contribution in [3.8, 4) is 0 Å². The van der Waals surface area contributed by atoms with Crippen molar-refractivity contribution in [1.82, 2.24) is 20.1 Å². The Kier molecular flexibility index (Phi) is 4.06. The number of hydrogen-bond donors (Lipinski definition) is 1. The standard InChI is InChI=1S/C19H20N4O3/c1-11-5-6-14-15(24)9-17(26-16(14)8-11)19(25)23-7-3-4-13(10-23)18-20-12(2)21-22-18/h5-6,8-9,13H,3-4,7,10H2,1-2H3,(H,20,21,22)/t13-/m1/s1. The Labute approximate surface area is 150 Å². The summed E-state index contributed by atoms with van der Waals surface area (Å²) in [6.45, 7) is 4.93. The quantitative estimate of drug-likeness (QED) is 0.765. The van der Waals surface area contributed by atoms with Gasteiger partial charge in [-0.05, 0) is 44.4 Å². The van der Waals surface area contributed by atoms with Crippen LogP contribution in [0, 0.1) is 13.8 Å². The van der Waals surface area contributed by atoms with Crippen LogP contribution in [0.15, 0.2) is 33.5 Å². The van der Waals surface area contributed by atoms with Gasteiger partial charge < -0.3 is 9.32 Å². The lowest BCUT2D eigenvalue weighted by Gasteiger charge is -2.31. The predicted molar refractivity (Wildman–Crippen MR) is 96.2 cm³/mol. The molecule has 1 atom stereocenters. The highest BCUT2D eigenvalue weighted by Gasteiger charge is 2.29. The summed E-state index contributed by atoms with van der Waals surface area (Å²) in [7, 11) is 0. The molecule has 134 valence electrons. The van der Waals surface area contributed by atoms with Crippen molar-refractivity contribution in [2.24, 2.45) is 0 Å². The van der Waals surface area contributed by atoms with Crippen LogP contribution in [0.4, 0.5) is 0 Å². The van der Waals surface area contributed by atoms with E-state index in [2.05, 4.69) is 15.2 Å². The number of fused-ring (bicyclic) bond motifs is 1. The van der Waals surface area contributed by atoms with Gasteiger partial charge in [-0.15, -0.1) is 0 Å². The molecule has 3 aromatic rings. The van der Waals surface area contributed by atoms with E-state index >= 15 is 0 Å². The summed E-state index contributed by atoms with van der Waals surface area (Å²) in [6, 6.07) is 6.66. The normalized spacial score (nSPS) is 17.6. The molecule has 7 heteroatoms. The van der Waals surface area contributed by atoms with Gasteiger partial charge in [-0.2, -0.15) is 5.10 Å². The second kappa shape index (κ2) is 6.40. The predicted octanol–water partition coefficient (Wildman–Crippen LogP) is 2.55. The lowest BCUT2D eigenvalue weighted by Crippen LogP contribution is -2.39. The molecule has 1 aliphatic heterocycles. The third-order valence-corrected chi connectivity index (χ3v) is 4.78. The number of benzene rings is 1. The summed E-state index contributed by atoms with van der Waals surface area (Å²) in [4.78, 5) is 31.3. The van der Waals surface area contributed by atoms with Crippen molar-refractivity contribution >= 4 is 16.9 Å². The molecule has 1 fully saturated rings. The second-order valence-electron chi connectivity index (χ2n) is 6.84. The molecule has 4 rings (SSSR count). The van der Waals surface area contributed by atoms with E-state index < -0.39 is 0 Å². The van der Waals surface area contributed by atoms with Crippen molar-refractivity contribution in [3.63, 3.8) is 0 Å². The van der Waals surface area contributed by atoms with Gasteiger partial charge >= 0.3 is 0 Å². The lowest BCUT2D eigenvalue weighted by atomic mass is 9.97. The zero-order valence-corrected chi connectivity index (χ0v) is 14.8. The van der Waals surface area contributed by atoms with E-state index in [1.165, 1.54) is 6.07 Å². The maximum absolute atomic E-state index is 12.9. The van der Waals surface area contributed by atoms with E-state index in [9.17, 15) is 9.59 Å². The molecule has 0 bridgehead atoms. The average Bonchev–Trinajstić information content (AvgIpc) is 3.07. The molecule has 0 radical (unpaired) electrons. The molecule has 26 heavy (non-hydrogen) atoms. The number of aryl methyl sites for hydroxylation is 2. The maximum Gasteiger partial charge on any atom is 0.289 e. The number of hydrogen-bond acceptors (Lipinski definition) is 5. The van der Waals surface area contributed by atoms with Gasteiger partial charge in [-0.3, -0.25) is 14.7 Å². The first-order valence-electron chi connectivity index (χ1n) is 8.74. The van der Waals surface area contributed by atoms with Crippen LogP contribution in [0.1, 0.15) is 46.5 Å². The van der Waals surface area contributed by atoms with Gasteiger partial charge in [0.1, 0.15) is 11.4 Å². The monoisotopic (exact) mass is 352 g/mol. The van der Waals surface area contributed by atoms with Crippen LogP contribution in [0.3, 0.4) is 0 Å². The number of nitrogens with one attached hydrogen (secondary N) is 1. The molecular formula is C19H20N4O3. The number of rotatable bonds is 2. The maximum atomic E-state index is 12.9. The summed E-state index contributed by atoms with van der Waals surface area (Å²) in [5, 5.41) is 7.56. The Morgan fingerprint density at radius 1 is 1.31 bits per heavy atom. The van der Waals surface area contributed by atoms with Crippen LogP contribution in [0.25, 0.3) is 11.0 Å². The van der Waals surface area contributed by atoms with E-state index in [0.29, 0.717) is 24.1 Å². The van der Waals surface area contributed by atoms with Crippen molar-refractivity contribution in [2.75, 3.05) is 13.1 Å². The topological polar surface area (TPSA) is 92.1 Å². The van der Waals surface area contributed by atoms with E-state index in [1.54, 1.807) is 17.0 Å². The summed E-state index contributed by atoms with van der Waals surface area (Å²) in [5.74, 6) is 1.41. The number of likely N-dealkylation sites (tertiary alicyclic amines) is 1. The molecule has 1 saturated heterocycles. The minimum Gasteiger partial charge on any atom is -0.451 e. The number of piperidine rings is 1. The number of aromatic amines is 1. The highest BCUT2D eigenvalue weighted by atomic mass is 16.3. The zero-order chi connectivity index (χ0) is 18.3. The molecule has 3 heterocycles. The Bertz CT molecular complexity index is 1040.